The largest absolute Gasteiger partial charge is 0.441 e. The number of piperidine rings is 1. The van der Waals surface area contributed by atoms with Crippen molar-refractivity contribution in [1.29, 1.82) is 0 Å². The van der Waals surface area contributed by atoms with E-state index in [-0.39, 0.29) is 17.7 Å². The van der Waals surface area contributed by atoms with E-state index in [1.165, 1.54) is 0 Å². The number of rotatable bonds is 2. The van der Waals surface area contributed by atoms with Crippen molar-refractivity contribution in [2.45, 2.75) is 19.8 Å². The summed E-state index contributed by atoms with van der Waals surface area (Å²) in [6.07, 6.45) is 1.26. The molecule has 0 saturated carbocycles. The van der Waals surface area contributed by atoms with Crippen molar-refractivity contribution in [1.82, 2.24) is 9.88 Å². The van der Waals surface area contributed by atoms with Crippen LogP contribution in [0.5, 0.6) is 0 Å². The standard InChI is InChI=1S/C15H17N3O3/c1-9-17-12-8-11(2-3-13(12)21-9)15(20)18-6-4-10(5-7-18)14(16)19/h2-3,8,10H,4-7H2,1H3,(H2,16,19). The van der Waals surface area contributed by atoms with Crippen molar-refractivity contribution >= 4 is 22.9 Å². The molecule has 2 aromatic rings. The molecular weight excluding hydrogens is 270 g/mol. The lowest BCUT2D eigenvalue weighted by molar-refractivity contribution is -0.123. The number of carbonyl (C=O) groups excluding carboxylic acids is 2. The van der Waals surface area contributed by atoms with E-state index in [1.54, 1.807) is 30.0 Å². The summed E-state index contributed by atoms with van der Waals surface area (Å²) in [6.45, 7) is 2.89. The SMILES string of the molecule is Cc1nc2cc(C(=O)N3CCC(C(N)=O)CC3)ccc2o1. The van der Waals surface area contributed by atoms with Crippen molar-refractivity contribution in [3.8, 4) is 0 Å². The van der Waals surface area contributed by atoms with Gasteiger partial charge in [-0.1, -0.05) is 0 Å². The van der Waals surface area contributed by atoms with Crippen LogP contribution in [0.15, 0.2) is 22.6 Å². The zero-order valence-electron chi connectivity index (χ0n) is 11.8. The highest BCUT2D eigenvalue weighted by atomic mass is 16.3. The van der Waals surface area contributed by atoms with E-state index < -0.39 is 0 Å². The van der Waals surface area contributed by atoms with Gasteiger partial charge in [-0.2, -0.15) is 0 Å². The molecule has 1 saturated heterocycles. The molecule has 1 aliphatic rings. The van der Waals surface area contributed by atoms with Crippen LogP contribution in [-0.4, -0.2) is 34.8 Å². The number of amides is 2. The highest BCUT2D eigenvalue weighted by Gasteiger charge is 2.26. The molecule has 2 N–H and O–H groups in total. The molecule has 1 aliphatic heterocycles. The van der Waals surface area contributed by atoms with E-state index in [0.29, 0.717) is 48.5 Å². The van der Waals surface area contributed by atoms with Gasteiger partial charge in [0.2, 0.25) is 5.91 Å². The maximum atomic E-state index is 12.5. The van der Waals surface area contributed by atoms with Crippen LogP contribution in [0, 0.1) is 12.8 Å². The van der Waals surface area contributed by atoms with E-state index >= 15 is 0 Å². The number of fused-ring (bicyclic) bond motifs is 1. The van der Waals surface area contributed by atoms with Crippen LogP contribution in [0.4, 0.5) is 0 Å². The minimum atomic E-state index is -0.276. The molecule has 110 valence electrons. The molecule has 1 fully saturated rings. The van der Waals surface area contributed by atoms with Crippen LogP contribution in [0.2, 0.25) is 0 Å². The normalized spacial score (nSPS) is 16.3. The summed E-state index contributed by atoms with van der Waals surface area (Å²) in [6, 6.07) is 5.25. The van der Waals surface area contributed by atoms with Gasteiger partial charge in [0, 0.05) is 31.5 Å². The van der Waals surface area contributed by atoms with Crippen molar-refractivity contribution in [2.24, 2.45) is 11.7 Å². The van der Waals surface area contributed by atoms with Gasteiger partial charge in [-0.15, -0.1) is 0 Å². The summed E-state index contributed by atoms with van der Waals surface area (Å²) >= 11 is 0. The Morgan fingerprint density at radius 2 is 2.05 bits per heavy atom. The van der Waals surface area contributed by atoms with Gasteiger partial charge in [-0.05, 0) is 31.0 Å². The third kappa shape index (κ3) is 2.61. The number of benzene rings is 1. The van der Waals surface area contributed by atoms with Crippen LogP contribution in [0.1, 0.15) is 29.1 Å². The lowest BCUT2D eigenvalue weighted by atomic mass is 9.96. The van der Waals surface area contributed by atoms with Crippen LogP contribution in [-0.2, 0) is 4.79 Å². The smallest absolute Gasteiger partial charge is 0.253 e. The van der Waals surface area contributed by atoms with E-state index in [2.05, 4.69) is 4.98 Å². The number of nitrogens with two attached hydrogens (primary N) is 1. The van der Waals surface area contributed by atoms with Crippen molar-refractivity contribution < 1.29 is 14.0 Å². The first kappa shape index (κ1) is 13.6. The Morgan fingerprint density at radius 1 is 1.33 bits per heavy atom. The van der Waals surface area contributed by atoms with E-state index in [0.717, 1.165) is 0 Å². The molecule has 0 radical (unpaired) electrons. The quantitative estimate of drug-likeness (QED) is 0.905. The molecule has 0 spiro atoms. The first-order valence-electron chi connectivity index (χ1n) is 7.00. The Hall–Kier alpha value is -2.37. The van der Waals surface area contributed by atoms with Gasteiger partial charge in [0.1, 0.15) is 5.52 Å². The average molecular weight is 287 g/mol. The topological polar surface area (TPSA) is 89.4 Å². The second-order valence-corrected chi connectivity index (χ2v) is 5.38. The summed E-state index contributed by atoms with van der Waals surface area (Å²) in [5.74, 6) is 0.147. The number of hydrogen-bond donors (Lipinski definition) is 1. The second kappa shape index (κ2) is 5.20. The number of likely N-dealkylation sites (tertiary alicyclic amines) is 1. The van der Waals surface area contributed by atoms with Crippen LogP contribution < -0.4 is 5.73 Å². The van der Waals surface area contributed by atoms with Gasteiger partial charge in [0.05, 0.1) is 0 Å². The number of carbonyl (C=O) groups is 2. The fourth-order valence-electron chi connectivity index (χ4n) is 2.73. The van der Waals surface area contributed by atoms with Crippen molar-refractivity contribution in [2.75, 3.05) is 13.1 Å². The molecule has 1 aromatic heterocycles. The predicted molar refractivity (Wildman–Crippen MR) is 76.6 cm³/mol. The third-order valence-corrected chi connectivity index (χ3v) is 3.93. The third-order valence-electron chi connectivity index (χ3n) is 3.93. The maximum Gasteiger partial charge on any atom is 0.253 e. The van der Waals surface area contributed by atoms with Gasteiger partial charge in [0.25, 0.3) is 5.91 Å². The number of primary amides is 1. The number of nitrogens with zero attached hydrogens (tertiary/aromatic N) is 2. The molecule has 0 aliphatic carbocycles. The van der Waals surface area contributed by atoms with Gasteiger partial charge >= 0.3 is 0 Å². The van der Waals surface area contributed by atoms with Gasteiger partial charge < -0.3 is 15.1 Å². The molecule has 2 amide bonds. The summed E-state index contributed by atoms with van der Waals surface area (Å²) in [5.41, 5.74) is 7.26. The molecule has 3 rings (SSSR count). The molecule has 21 heavy (non-hydrogen) atoms. The summed E-state index contributed by atoms with van der Waals surface area (Å²) in [7, 11) is 0. The van der Waals surface area contributed by atoms with Gasteiger partial charge in [-0.25, -0.2) is 4.98 Å². The van der Waals surface area contributed by atoms with Crippen LogP contribution in [0.25, 0.3) is 11.1 Å². The Morgan fingerprint density at radius 3 is 2.71 bits per heavy atom. The molecule has 0 atom stereocenters. The number of oxazole rings is 1. The Balaban J connectivity index is 1.76. The Kier molecular flexibility index (Phi) is 3.37. The fraction of sp³-hybridized carbons (Fsp3) is 0.400. The summed E-state index contributed by atoms with van der Waals surface area (Å²) < 4.78 is 5.40. The zero-order valence-corrected chi connectivity index (χ0v) is 11.8. The lowest BCUT2D eigenvalue weighted by Crippen LogP contribution is -2.41. The zero-order chi connectivity index (χ0) is 15.0. The Labute approximate surface area is 121 Å². The molecule has 6 nitrogen and oxygen atoms in total. The number of aryl methyl sites for hydroxylation is 1. The molecule has 2 heterocycles. The minimum absolute atomic E-state index is 0.0412. The average Bonchev–Trinajstić information content (AvgIpc) is 2.85. The number of hydrogen-bond acceptors (Lipinski definition) is 4. The van der Waals surface area contributed by atoms with Gasteiger partial charge in [-0.3, -0.25) is 9.59 Å². The Bertz CT molecular complexity index is 699. The molecule has 6 heteroatoms. The monoisotopic (exact) mass is 287 g/mol. The fourth-order valence-corrected chi connectivity index (χ4v) is 2.73. The molecular formula is C15H17N3O3. The second-order valence-electron chi connectivity index (χ2n) is 5.38. The van der Waals surface area contributed by atoms with Crippen LogP contribution in [0.3, 0.4) is 0 Å². The summed E-state index contributed by atoms with van der Waals surface area (Å²) in [4.78, 5) is 29.6. The summed E-state index contributed by atoms with van der Waals surface area (Å²) in [5, 5.41) is 0. The van der Waals surface area contributed by atoms with E-state index in [1.807, 2.05) is 0 Å². The van der Waals surface area contributed by atoms with Crippen molar-refractivity contribution in [3.05, 3.63) is 29.7 Å². The number of aromatic nitrogens is 1. The molecule has 1 aromatic carbocycles. The minimum Gasteiger partial charge on any atom is -0.441 e. The van der Waals surface area contributed by atoms with Crippen molar-refractivity contribution in [3.63, 3.8) is 0 Å². The first-order chi connectivity index (χ1) is 10.0. The lowest BCUT2D eigenvalue weighted by Gasteiger charge is -2.30. The molecule has 0 bridgehead atoms. The van der Waals surface area contributed by atoms with E-state index in [9.17, 15) is 9.59 Å². The van der Waals surface area contributed by atoms with Gasteiger partial charge in [0.15, 0.2) is 11.5 Å². The first-order valence-corrected chi connectivity index (χ1v) is 7.00. The highest BCUT2D eigenvalue weighted by molar-refractivity contribution is 5.97. The van der Waals surface area contributed by atoms with Crippen LogP contribution >= 0.6 is 0 Å². The predicted octanol–water partition coefficient (Wildman–Crippen LogP) is 1.47. The van der Waals surface area contributed by atoms with E-state index in [4.69, 9.17) is 10.2 Å². The highest BCUT2D eigenvalue weighted by Crippen LogP contribution is 2.21. The molecule has 0 unspecified atom stereocenters. The maximum absolute atomic E-state index is 12.5.